The number of hydrogen-bond donors (Lipinski definition) is 0. The minimum Gasteiger partial charge on any atom is -0.376 e. The molecule has 0 N–H and O–H groups in total. The number of anilines is 1. The van der Waals surface area contributed by atoms with Crippen molar-refractivity contribution in [2.45, 2.75) is 76.1 Å². The van der Waals surface area contributed by atoms with Gasteiger partial charge in [0.25, 0.3) is 0 Å². The number of amides is 1. The van der Waals surface area contributed by atoms with Gasteiger partial charge >= 0.3 is 0 Å². The van der Waals surface area contributed by atoms with Gasteiger partial charge in [0.05, 0.1) is 23.6 Å². The van der Waals surface area contributed by atoms with Gasteiger partial charge < -0.3 is 14.2 Å². The summed E-state index contributed by atoms with van der Waals surface area (Å²) in [4.78, 5) is 20.1. The van der Waals surface area contributed by atoms with Crippen molar-refractivity contribution in [1.29, 1.82) is 0 Å². The third-order valence-electron chi connectivity index (χ3n) is 5.91. The highest BCUT2D eigenvalue weighted by atomic mass is 32.2. The second kappa shape index (κ2) is 7.91. The zero-order chi connectivity index (χ0) is 19.8. The molecule has 1 aromatic heterocycles. The first-order chi connectivity index (χ1) is 13.5. The average Bonchev–Trinajstić information content (AvgIpc) is 3.36. The Balaban J connectivity index is 1.53. The summed E-state index contributed by atoms with van der Waals surface area (Å²) >= 11 is 1.57. The predicted octanol–water partition coefficient (Wildman–Crippen LogP) is 4.14. The minimum absolute atomic E-state index is 0.157. The van der Waals surface area contributed by atoms with Gasteiger partial charge in [0.2, 0.25) is 5.91 Å². The molecule has 0 aliphatic carbocycles. The Hall–Kier alpha value is -1.79. The van der Waals surface area contributed by atoms with E-state index in [2.05, 4.69) is 30.5 Å². The highest BCUT2D eigenvalue weighted by Crippen LogP contribution is 2.35. The molecule has 1 fully saturated rings. The summed E-state index contributed by atoms with van der Waals surface area (Å²) in [6, 6.07) is 8.43. The maximum absolute atomic E-state index is 13.3. The largest absolute Gasteiger partial charge is 0.376 e. The maximum atomic E-state index is 13.3. The van der Waals surface area contributed by atoms with E-state index in [0.717, 1.165) is 54.6 Å². The summed E-state index contributed by atoms with van der Waals surface area (Å²) < 4.78 is 8.07. The van der Waals surface area contributed by atoms with Gasteiger partial charge in [-0.3, -0.25) is 4.79 Å². The van der Waals surface area contributed by atoms with Crippen LogP contribution in [0.25, 0.3) is 0 Å². The molecule has 6 heteroatoms. The number of carbonyl (C=O) groups excluding carboxylic acids is 1. The highest BCUT2D eigenvalue weighted by Gasteiger charge is 2.34. The van der Waals surface area contributed by atoms with Gasteiger partial charge in [-0.15, -0.1) is 0 Å². The van der Waals surface area contributed by atoms with E-state index in [1.807, 2.05) is 30.9 Å². The molecule has 5 nitrogen and oxygen atoms in total. The van der Waals surface area contributed by atoms with Gasteiger partial charge in [-0.2, -0.15) is 0 Å². The fraction of sp³-hybridized carbons (Fsp3) is 0.545. The second-order valence-corrected chi connectivity index (χ2v) is 9.27. The summed E-state index contributed by atoms with van der Waals surface area (Å²) in [6.07, 6.45) is 3.40. The first-order valence-electron chi connectivity index (χ1n) is 10.2. The van der Waals surface area contributed by atoms with E-state index in [1.165, 1.54) is 5.56 Å². The molecule has 150 valence electrons. The van der Waals surface area contributed by atoms with Crippen LogP contribution in [-0.4, -0.2) is 39.5 Å². The Morgan fingerprint density at radius 2 is 2.14 bits per heavy atom. The summed E-state index contributed by atoms with van der Waals surface area (Å²) in [6.45, 7) is 9.93. The van der Waals surface area contributed by atoms with Crippen LogP contribution in [0.1, 0.15) is 43.6 Å². The van der Waals surface area contributed by atoms with Gasteiger partial charge in [-0.25, -0.2) is 4.98 Å². The van der Waals surface area contributed by atoms with E-state index in [1.54, 1.807) is 11.8 Å². The van der Waals surface area contributed by atoms with Crippen molar-refractivity contribution in [2.75, 3.05) is 11.5 Å². The number of benzene rings is 1. The number of aryl methyl sites for hydroxylation is 1. The van der Waals surface area contributed by atoms with E-state index >= 15 is 0 Å². The van der Waals surface area contributed by atoms with E-state index in [0.29, 0.717) is 0 Å². The summed E-state index contributed by atoms with van der Waals surface area (Å²) in [5.74, 6) is 0.157. The fourth-order valence-corrected chi connectivity index (χ4v) is 5.29. The number of thioether (sulfide) groups is 1. The third-order valence-corrected chi connectivity index (χ3v) is 6.99. The van der Waals surface area contributed by atoms with Gasteiger partial charge in [-0.05, 0) is 58.6 Å². The molecule has 28 heavy (non-hydrogen) atoms. The Bertz CT molecular complexity index is 873. The number of nitrogens with zero attached hydrogens (tertiary/aromatic N) is 3. The number of imidazole rings is 1. The van der Waals surface area contributed by atoms with Gasteiger partial charge in [0, 0.05) is 24.0 Å². The number of ether oxygens (including phenoxy) is 1. The molecule has 2 aromatic rings. The lowest BCUT2D eigenvalue weighted by atomic mass is 10.1. The monoisotopic (exact) mass is 399 g/mol. The molecule has 0 spiro atoms. The maximum Gasteiger partial charge on any atom is 0.240 e. The highest BCUT2D eigenvalue weighted by molar-refractivity contribution is 8.00. The molecule has 3 atom stereocenters. The summed E-state index contributed by atoms with van der Waals surface area (Å²) in [5, 5.41) is 0.726. The number of carbonyl (C=O) groups is 1. The first-order valence-corrected chi connectivity index (χ1v) is 11.1. The van der Waals surface area contributed by atoms with Crippen molar-refractivity contribution in [3.63, 3.8) is 0 Å². The quantitative estimate of drug-likeness (QED) is 0.709. The Morgan fingerprint density at radius 1 is 1.36 bits per heavy atom. The van der Waals surface area contributed by atoms with Crippen LogP contribution in [0.4, 0.5) is 5.69 Å². The van der Waals surface area contributed by atoms with Gasteiger partial charge in [0.1, 0.15) is 0 Å². The SMILES string of the molecule is Cc1nc(SC(C)C(=O)N2c3ccccc3CC2C)n(CC2CCCO2)c1C. The number of rotatable bonds is 5. The molecule has 1 aromatic carbocycles. The van der Waals surface area contributed by atoms with E-state index in [4.69, 9.17) is 9.72 Å². The molecule has 4 rings (SSSR count). The number of fused-ring (bicyclic) bond motifs is 1. The van der Waals surface area contributed by atoms with Crippen molar-refractivity contribution >= 4 is 23.4 Å². The normalized spacial score (nSPS) is 22.5. The molecular weight excluding hydrogens is 370 g/mol. The molecule has 0 bridgehead atoms. The Labute approximate surface area is 171 Å². The second-order valence-electron chi connectivity index (χ2n) is 7.96. The van der Waals surface area contributed by atoms with Crippen LogP contribution >= 0.6 is 11.8 Å². The first kappa shape index (κ1) is 19.5. The van der Waals surface area contributed by atoms with Crippen molar-refractivity contribution < 1.29 is 9.53 Å². The zero-order valence-corrected chi connectivity index (χ0v) is 18.0. The van der Waals surface area contributed by atoms with Crippen molar-refractivity contribution in [3.8, 4) is 0 Å². The fourth-order valence-electron chi connectivity index (χ4n) is 4.23. The van der Waals surface area contributed by atoms with Crippen molar-refractivity contribution in [2.24, 2.45) is 0 Å². The van der Waals surface area contributed by atoms with Crippen LogP contribution in [0.5, 0.6) is 0 Å². The Morgan fingerprint density at radius 3 is 2.89 bits per heavy atom. The lowest BCUT2D eigenvalue weighted by Crippen LogP contribution is -2.40. The van der Waals surface area contributed by atoms with E-state index < -0.39 is 0 Å². The van der Waals surface area contributed by atoms with Gasteiger partial charge in [-0.1, -0.05) is 30.0 Å². The van der Waals surface area contributed by atoms with Crippen LogP contribution in [0.3, 0.4) is 0 Å². The number of aromatic nitrogens is 2. The molecule has 0 saturated carbocycles. The minimum atomic E-state index is -0.196. The molecule has 0 radical (unpaired) electrons. The molecule has 2 aliphatic rings. The molecule has 1 amide bonds. The Kier molecular flexibility index (Phi) is 5.52. The standard InChI is InChI=1S/C22H29N3O2S/c1-14-12-18-8-5-6-10-20(18)25(14)21(26)17(4)28-22-23-15(2)16(3)24(22)13-19-9-7-11-27-19/h5-6,8,10,14,17,19H,7,9,11-13H2,1-4H3. The van der Waals surface area contributed by atoms with Crippen LogP contribution in [0.15, 0.2) is 29.4 Å². The predicted molar refractivity (Wildman–Crippen MR) is 113 cm³/mol. The van der Waals surface area contributed by atoms with Crippen LogP contribution in [0.2, 0.25) is 0 Å². The topological polar surface area (TPSA) is 47.4 Å². The van der Waals surface area contributed by atoms with Crippen LogP contribution in [-0.2, 0) is 22.5 Å². The van der Waals surface area contributed by atoms with E-state index in [-0.39, 0.29) is 23.3 Å². The molecule has 1 saturated heterocycles. The number of hydrogen-bond acceptors (Lipinski definition) is 4. The zero-order valence-electron chi connectivity index (χ0n) is 17.1. The lowest BCUT2D eigenvalue weighted by Gasteiger charge is -2.26. The van der Waals surface area contributed by atoms with Crippen LogP contribution < -0.4 is 4.90 Å². The van der Waals surface area contributed by atoms with Gasteiger partial charge in [0.15, 0.2) is 5.16 Å². The summed E-state index contributed by atoms with van der Waals surface area (Å²) in [7, 11) is 0. The summed E-state index contributed by atoms with van der Waals surface area (Å²) in [5.41, 5.74) is 4.51. The third kappa shape index (κ3) is 3.60. The van der Waals surface area contributed by atoms with Crippen molar-refractivity contribution in [1.82, 2.24) is 9.55 Å². The van der Waals surface area contributed by atoms with Crippen LogP contribution in [0, 0.1) is 13.8 Å². The van der Waals surface area contributed by atoms with E-state index in [9.17, 15) is 4.79 Å². The van der Waals surface area contributed by atoms with Crippen molar-refractivity contribution in [3.05, 3.63) is 41.2 Å². The molecule has 3 unspecified atom stereocenters. The molecular formula is C22H29N3O2S. The number of para-hydroxylation sites is 1. The average molecular weight is 400 g/mol. The molecule has 3 heterocycles. The lowest BCUT2D eigenvalue weighted by molar-refractivity contribution is -0.118. The molecule has 2 aliphatic heterocycles. The smallest absolute Gasteiger partial charge is 0.240 e.